The third-order valence-electron chi connectivity index (χ3n) is 2.18. The first-order valence-electron chi connectivity index (χ1n) is 4.66. The normalized spacial score (nSPS) is 9.93. The molecule has 0 saturated heterocycles. The number of carbonyl (C=O) groups is 1. The van der Waals surface area contributed by atoms with Gasteiger partial charge in [-0.1, -0.05) is 18.2 Å². The molecule has 1 aromatic carbocycles. The van der Waals surface area contributed by atoms with Crippen LogP contribution in [0.1, 0.15) is 15.9 Å². The van der Waals surface area contributed by atoms with Crippen LogP contribution < -0.4 is 5.32 Å². The maximum atomic E-state index is 11.7. The molecule has 2 rings (SSSR count). The van der Waals surface area contributed by atoms with Crippen LogP contribution in [-0.2, 0) is 0 Å². The fraction of sp³-hybridized carbons (Fsp3) is 0.0833. The van der Waals surface area contributed by atoms with E-state index in [9.17, 15) is 4.79 Å². The lowest BCUT2D eigenvalue weighted by Gasteiger charge is -2.06. The van der Waals surface area contributed by atoms with Crippen molar-refractivity contribution in [1.29, 1.82) is 0 Å². The molecule has 0 unspecified atom stereocenters. The molecule has 1 amide bonds. The Kier molecular flexibility index (Phi) is 2.54. The topological polar surface area (TPSA) is 42.2 Å². The Hall–Kier alpha value is -2.03. The Morgan fingerprint density at radius 1 is 1.27 bits per heavy atom. The van der Waals surface area contributed by atoms with Crippen molar-refractivity contribution in [2.24, 2.45) is 0 Å². The van der Waals surface area contributed by atoms with E-state index in [0.717, 1.165) is 11.3 Å². The summed E-state index contributed by atoms with van der Waals surface area (Å²) in [5.74, 6) is -0.155. The minimum Gasteiger partial charge on any atom is -0.472 e. The zero-order chi connectivity index (χ0) is 10.7. The first kappa shape index (κ1) is 9.52. The Labute approximate surface area is 87.7 Å². The SMILES string of the molecule is Cc1ccccc1NC(=O)c1ccoc1. The zero-order valence-electron chi connectivity index (χ0n) is 8.36. The fourth-order valence-electron chi connectivity index (χ4n) is 1.30. The van der Waals surface area contributed by atoms with Gasteiger partial charge in [-0.3, -0.25) is 4.79 Å². The highest BCUT2D eigenvalue weighted by Crippen LogP contribution is 2.14. The molecule has 0 aliphatic heterocycles. The Morgan fingerprint density at radius 3 is 2.73 bits per heavy atom. The van der Waals surface area contributed by atoms with Crippen LogP contribution in [0.15, 0.2) is 47.3 Å². The molecular weight excluding hydrogens is 190 g/mol. The number of furan rings is 1. The van der Waals surface area contributed by atoms with E-state index in [4.69, 9.17) is 4.42 Å². The summed E-state index contributed by atoms with van der Waals surface area (Å²) in [6.07, 6.45) is 2.90. The monoisotopic (exact) mass is 201 g/mol. The van der Waals surface area contributed by atoms with E-state index in [1.54, 1.807) is 6.07 Å². The lowest BCUT2D eigenvalue weighted by atomic mass is 10.2. The minimum absolute atomic E-state index is 0.155. The van der Waals surface area contributed by atoms with Crippen molar-refractivity contribution in [3.05, 3.63) is 54.0 Å². The van der Waals surface area contributed by atoms with Crippen LogP contribution >= 0.6 is 0 Å². The lowest BCUT2D eigenvalue weighted by Crippen LogP contribution is -2.11. The third-order valence-corrected chi connectivity index (χ3v) is 2.18. The van der Waals surface area contributed by atoms with Crippen LogP contribution in [0.25, 0.3) is 0 Å². The third kappa shape index (κ3) is 2.07. The second-order valence-corrected chi connectivity index (χ2v) is 3.28. The molecule has 0 radical (unpaired) electrons. The number of benzene rings is 1. The summed E-state index contributed by atoms with van der Waals surface area (Å²) < 4.78 is 4.84. The predicted molar refractivity (Wildman–Crippen MR) is 57.8 cm³/mol. The molecule has 3 heteroatoms. The Morgan fingerprint density at radius 2 is 2.07 bits per heavy atom. The summed E-state index contributed by atoms with van der Waals surface area (Å²) in [6, 6.07) is 9.27. The molecule has 1 aromatic heterocycles. The number of carbonyl (C=O) groups excluding carboxylic acids is 1. The van der Waals surface area contributed by atoms with Gasteiger partial charge in [-0.05, 0) is 24.6 Å². The van der Waals surface area contributed by atoms with E-state index in [2.05, 4.69) is 5.32 Å². The number of nitrogens with one attached hydrogen (secondary N) is 1. The zero-order valence-corrected chi connectivity index (χ0v) is 8.36. The number of anilines is 1. The standard InChI is InChI=1S/C12H11NO2/c1-9-4-2-3-5-11(9)13-12(14)10-6-7-15-8-10/h2-8H,1H3,(H,13,14). The van der Waals surface area contributed by atoms with Crippen molar-refractivity contribution in [3.8, 4) is 0 Å². The van der Waals surface area contributed by atoms with Gasteiger partial charge in [0.15, 0.2) is 0 Å². The number of para-hydroxylation sites is 1. The van der Waals surface area contributed by atoms with E-state index in [1.807, 2.05) is 31.2 Å². The van der Waals surface area contributed by atoms with E-state index < -0.39 is 0 Å². The molecule has 0 aliphatic carbocycles. The highest BCUT2D eigenvalue weighted by molar-refractivity contribution is 6.04. The largest absolute Gasteiger partial charge is 0.472 e. The fourth-order valence-corrected chi connectivity index (χ4v) is 1.30. The maximum absolute atomic E-state index is 11.7. The number of hydrogen-bond acceptors (Lipinski definition) is 2. The summed E-state index contributed by atoms with van der Waals surface area (Å²) >= 11 is 0. The number of aryl methyl sites for hydroxylation is 1. The summed E-state index contributed by atoms with van der Waals surface area (Å²) in [5, 5.41) is 2.81. The molecule has 76 valence electrons. The second kappa shape index (κ2) is 4.00. The summed E-state index contributed by atoms with van der Waals surface area (Å²) in [6.45, 7) is 1.95. The van der Waals surface area contributed by atoms with Gasteiger partial charge >= 0.3 is 0 Å². The molecule has 0 bridgehead atoms. The molecule has 3 nitrogen and oxygen atoms in total. The van der Waals surface area contributed by atoms with Gasteiger partial charge in [0.25, 0.3) is 5.91 Å². The summed E-state index contributed by atoms with van der Waals surface area (Å²) in [7, 11) is 0. The first-order chi connectivity index (χ1) is 7.27. The number of hydrogen-bond donors (Lipinski definition) is 1. The van der Waals surface area contributed by atoms with E-state index >= 15 is 0 Å². The molecule has 1 heterocycles. The summed E-state index contributed by atoms with van der Waals surface area (Å²) in [4.78, 5) is 11.7. The van der Waals surface area contributed by atoms with Crippen molar-refractivity contribution < 1.29 is 9.21 Å². The molecule has 0 aliphatic rings. The molecule has 1 N–H and O–H groups in total. The van der Waals surface area contributed by atoms with Gasteiger partial charge in [0.05, 0.1) is 11.8 Å². The smallest absolute Gasteiger partial charge is 0.258 e. The molecule has 2 aromatic rings. The maximum Gasteiger partial charge on any atom is 0.258 e. The average Bonchev–Trinajstić information content (AvgIpc) is 2.74. The van der Waals surface area contributed by atoms with Crippen LogP contribution in [0.2, 0.25) is 0 Å². The first-order valence-corrected chi connectivity index (χ1v) is 4.66. The van der Waals surface area contributed by atoms with E-state index in [-0.39, 0.29) is 5.91 Å². The van der Waals surface area contributed by atoms with Crippen molar-refractivity contribution >= 4 is 11.6 Å². The average molecular weight is 201 g/mol. The van der Waals surface area contributed by atoms with Gasteiger partial charge in [-0.25, -0.2) is 0 Å². The van der Waals surface area contributed by atoms with Crippen molar-refractivity contribution in [2.45, 2.75) is 6.92 Å². The van der Waals surface area contributed by atoms with Crippen LogP contribution in [0.5, 0.6) is 0 Å². The highest BCUT2D eigenvalue weighted by atomic mass is 16.3. The van der Waals surface area contributed by atoms with E-state index in [0.29, 0.717) is 5.56 Å². The second-order valence-electron chi connectivity index (χ2n) is 3.28. The van der Waals surface area contributed by atoms with Gasteiger partial charge in [0.1, 0.15) is 6.26 Å². The number of rotatable bonds is 2. The van der Waals surface area contributed by atoms with Gasteiger partial charge in [0, 0.05) is 5.69 Å². The van der Waals surface area contributed by atoms with Crippen molar-refractivity contribution in [3.63, 3.8) is 0 Å². The van der Waals surface area contributed by atoms with Gasteiger partial charge in [-0.2, -0.15) is 0 Å². The minimum atomic E-state index is -0.155. The van der Waals surface area contributed by atoms with Crippen LogP contribution in [-0.4, -0.2) is 5.91 Å². The van der Waals surface area contributed by atoms with Crippen molar-refractivity contribution in [2.75, 3.05) is 5.32 Å². The molecule has 0 fully saturated rings. The van der Waals surface area contributed by atoms with Crippen LogP contribution in [0.3, 0.4) is 0 Å². The quantitative estimate of drug-likeness (QED) is 0.811. The van der Waals surface area contributed by atoms with E-state index in [1.165, 1.54) is 12.5 Å². The molecule has 15 heavy (non-hydrogen) atoms. The molecule has 0 saturated carbocycles. The van der Waals surface area contributed by atoms with Crippen LogP contribution in [0.4, 0.5) is 5.69 Å². The molecular formula is C12H11NO2. The lowest BCUT2D eigenvalue weighted by molar-refractivity contribution is 0.102. The Bertz CT molecular complexity index is 460. The summed E-state index contributed by atoms with van der Waals surface area (Å²) in [5.41, 5.74) is 2.39. The number of amides is 1. The molecule has 0 spiro atoms. The van der Waals surface area contributed by atoms with Gasteiger partial charge < -0.3 is 9.73 Å². The molecule has 0 atom stereocenters. The van der Waals surface area contributed by atoms with Crippen LogP contribution in [0, 0.1) is 6.92 Å². The van der Waals surface area contributed by atoms with Gasteiger partial charge in [0.2, 0.25) is 0 Å². The Balaban J connectivity index is 2.17. The predicted octanol–water partition coefficient (Wildman–Crippen LogP) is 2.84. The van der Waals surface area contributed by atoms with Crippen molar-refractivity contribution in [1.82, 2.24) is 0 Å². The van der Waals surface area contributed by atoms with Gasteiger partial charge in [-0.15, -0.1) is 0 Å². The highest BCUT2D eigenvalue weighted by Gasteiger charge is 2.07.